The molecule has 0 saturated heterocycles. The lowest BCUT2D eigenvalue weighted by molar-refractivity contribution is 0.102. The molecule has 1 amide bonds. The highest BCUT2D eigenvalue weighted by Crippen LogP contribution is 2.35. The number of hydrogen-bond donors (Lipinski definition) is 2. The van der Waals surface area contributed by atoms with Crippen LogP contribution in [0.2, 0.25) is 10.0 Å². The Morgan fingerprint density at radius 1 is 1.25 bits per heavy atom. The Balaban J connectivity index is 2.02. The molecule has 0 aliphatic rings. The number of aromatic amines is 1. The molecule has 2 heterocycles. The number of nitrogens with zero attached hydrogens (tertiary/aromatic N) is 2. The second-order valence-corrected chi connectivity index (χ2v) is 6.12. The molecule has 0 unspecified atom stereocenters. The summed E-state index contributed by atoms with van der Waals surface area (Å²) in [6.45, 7) is 0. The first-order valence-electron chi connectivity index (χ1n) is 5.32. The lowest BCUT2D eigenvalue weighted by Crippen LogP contribution is -2.13. The molecule has 5 nitrogen and oxygen atoms in total. The largest absolute Gasteiger partial charge is 0.356 e. The molecule has 0 aliphatic carbocycles. The second kappa shape index (κ2) is 5.33. The van der Waals surface area contributed by atoms with Gasteiger partial charge in [0.2, 0.25) is 0 Å². The van der Waals surface area contributed by atoms with Gasteiger partial charge in [0, 0.05) is 10.7 Å². The highest BCUT2D eigenvalue weighted by molar-refractivity contribution is 9.10. The number of H-pyrrole nitrogens is 1. The molecule has 2 N–H and O–H groups in total. The summed E-state index contributed by atoms with van der Waals surface area (Å²) >= 11 is 16.4. The standard InChI is InChI=1S/C11H5BrCl2N4OS/c12-4-1-7(15-3-4)11(19)16-8-5(13)2-6(14)9-10(8)18-20-17-9/h1-3,15H,(H,16,19). The van der Waals surface area contributed by atoms with Crippen molar-refractivity contribution >= 4 is 73.5 Å². The van der Waals surface area contributed by atoms with E-state index in [0.29, 0.717) is 32.5 Å². The summed E-state index contributed by atoms with van der Waals surface area (Å²) in [6.07, 6.45) is 1.67. The number of carbonyl (C=O) groups is 1. The molecule has 0 bridgehead atoms. The van der Waals surface area contributed by atoms with E-state index in [9.17, 15) is 4.79 Å². The van der Waals surface area contributed by atoms with E-state index in [1.807, 2.05) is 0 Å². The van der Waals surface area contributed by atoms with E-state index in [1.165, 1.54) is 6.07 Å². The van der Waals surface area contributed by atoms with Crippen LogP contribution in [-0.2, 0) is 0 Å². The van der Waals surface area contributed by atoms with Crippen molar-refractivity contribution in [2.24, 2.45) is 0 Å². The molecule has 0 saturated carbocycles. The monoisotopic (exact) mass is 390 g/mol. The number of hydrogen-bond acceptors (Lipinski definition) is 4. The van der Waals surface area contributed by atoms with E-state index >= 15 is 0 Å². The molecule has 9 heteroatoms. The van der Waals surface area contributed by atoms with E-state index < -0.39 is 0 Å². The number of fused-ring (bicyclic) bond motifs is 1. The number of carbonyl (C=O) groups excluding carboxylic acids is 1. The Kier molecular flexibility index (Phi) is 3.68. The Hall–Kier alpha value is -1.15. The van der Waals surface area contributed by atoms with Crippen molar-refractivity contribution in [1.82, 2.24) is 13.7 Å². The highest BCUT2D eigenvalue weighted by atomic mass is 79.9. The maximum absolute atomic E-state index is 12.1. The number of benzene rings is 1. The SMILES string of the molecule is O=C(Nc1c(Cl)cc(Cl)c2nsnc12)c1cc(Br)c[nH]1. The van der Waals surface area contributed by atoms with E-state index in [0.717, 1.165) is 16.2 Å². The number of amides is 1. The van der Waals surface area contributed by atoms with Gasteiger partial charge in [0.15, 0.2) is 0 Å². The molecule has 20 heavy (non-hydrogen) atoms. The summed E-state index contributed by atoms with van der Waals surface area (Å²) in [6, 6.07) is 3.20. The third-order valence-electron chi connectivity index (χ3n) is 2.57. The third kappa shape index (κ3) is 2.42. The summed E-state index contributed by atoms with van der Waals surface area (Å²) in [5, 5.41) is 3.43. The minimum absolute atomic E-state index is 0.314. The number of nitrogens with one attached hydrogen (secondary N) is 2. The quantitative estimate of drug-likeness (QED) is 0.682. The Morgan fingerprint density at radius 2 is 2.00 bits per heavy atom. The average Bonchev–Trinajstić information content (AvgIpc) is 3.02. The zero-order valence-corrected chi connectivity index (χ0v) is 13.5. The zero-order valence-electron chi connectivity index (χ0n) is 9.58. The molecule has 1 aromatic carbocycles. The number of aromatic nitrogens is 3. The van der Waals surface area contributed by atoms with Crippen molar-refractivity contribution in [1.29, 1.82) is 0 Å². The van der Waals surface area contributed by atoms with Gasteiger partial charge < -0.3 is 10.3 Å². The fourth-order valence-electron chi connectivity index (χ4n) is 1.67. The van der Waals surface area contributed by atoms with Gasteiger partial charge in [-0.15, -0.1) is 0 Å². The minimum Gasteiger partial charge on any atom is -0.356 e. The molecule has 0 aliphatic heterocycles. The molecule has 0 spiro atoms. The number of rotatable bonds is 2. The molecule has 0 fully saturated rings. The predicted molar refractivity (Wildman–Crippen MR) is 83.9 cm³/mol. The first-order valence-corrected chi connectivity index (χ1v) is 7.59. The Labute approximate surface area is 135 Å². The number of anilines is 1. The fraction of sp³-hybridized carbons (Fsp3) is 0. The first-order chi connectivity index (χ1) is 9.56. The van der Waals surface area contributed by atoms with Crippen molar-refractivity contribution in [3.8, 4) is 0 Å². The molecule has 0 atom stereocenters. The first kappa shape index (κ1) is 13.8. The van der Waals surface area contributed by atoms with Crippen molar-refractivity contribution in [2.45, 2.75) is 0 Å². The van der Waals surface area contributed by atoms with Crippen molar-refractivity contribution < 1.29 is 4.79 Å². The fourth-order valence-corrected chi connectivity index (χ4v) is 3.18. The summed E-state index contributed by atoms with van der Waals surface area (Å²) in [7, 11) is 0. The predicted octanol–water partition coefficient (Wildman–Crippen LogP) is 4.34. The van der Waals surface area contributed by atoms with Gasteiger partial charge in [-0.05, 0) is 28.1 Å². The normalized spacial score (nSPS) is 10.9. The summed E-state index contributed by atoms with van der Waals surface area (Å²) in [4.78, 5) is 15.0. The molecule has 3 aromatic rings. The van der Waals surface area contributed by atoms with Crippen LogP contribution in [0.1, 0.15) is 10.5 Å². The smallest absolute Gasteiger partial charge is 0.272 e. The molecular weight excluding hydrogens is 387 g/mol. The van der Waals surface area contributed by atoms with Gasteiger partial charge in [-0.2, -0.15) is 8.75 Å². The lowest BCUT2D eigenvalue weighted by atomic mass is 10.2. The van der Waals surface area contributed by atoms with Gasteiger partial charge in [-0.1, -0.05) is 23.2 Å². The molecular formula is C11H5BrCl2N4OS. The Bertz CT molecular complexity index is 816. The van der Waals surface area contributed by atoms with Crippen LogP contribution >= 0.6 is 50.9 Å². The summed E-state index contributed by atoms with van der Waals surface area (Å²) in [5.74, 6) is -0.325. The van der Waals surface area contributed by atoms with Crippen LogP contribution in [-0.4, -0.2) is 19.6 Å². The third-order valence-corrected chi connectivity index (χ3v) is 4.15. The van der Waals surface area contributed by atoms with Gasteiger partial charge in [0.1, 0.15) is 16.7 Å². The maximum Gasteiger partial charge on any atom is 0.272 e. The van der Waals surface area contributed by atoms with Crippen LogP contribution in [0.5, 0.6) is 0 Å². The van der Waals surface area contributed by atoms with E-state index in [-0.39, 0.29) is 5.91 Å². The van der Waals surface area contributed by atoms with Crippen molar-refractivity contribution in [3.05, 3.63) is 38.5 Å². The van der Waals surface area contributed by atoms with Crippen LogP contribution < -0.4 is 5.32 Å². The summed E-state index contributed by atoms with van der Waals surface area (Å²) < 4.78 is 8.98. The average molecular weight is 392 g/mol. The highest BCUT2D eigenvalue weighted by Gasteiger charge is 2.17. The van der Waals surface area contributed by atoms with Crippen molar-refractivity contribution in [3.63, 3.8) is 0 Å². The van der Waals surface area contributed by atoms with Gasteiger partial charge in [-0.25, -0.2) is 0 Å². The zero-order chi connectivity index (χ0) is 14.3. The lowest BCUT2D eigenvalue weighted by Gasteiger charge is -2.07. The van der Waals surface area contributed by atoms with Gasteiger partial charge in [0.25, 0.3) is 5.91 Å². The molecule has 3 rings (SSSR count). The topological polar surface area (TPSA) is 70.7 Å². The molecule has 0 radical (unpaired) electrons. The molecule has 102 valence electrons. The van der Waals surface area contributed by atoms with Gasteiger partial charge >= 0.3 is 0 Å². The van der Waals surface area contributed by atoms with Crippen LogP contribution in [0.25, 0.3) is 11.0 Å². The van der Waals surface area contributed by atoms with Crippen LogP contribution in [0, 0.1) is 0 Å². The van der Waals surface area contributed by atoms with Gasteiger partial charge in [0.05, 0.1) is 27.5 Å². The molecule has 2 aromatic heterocycles. The summed E-state index contributed by atoms with van der Waals surface area (Å²) in [5.41, 5.74) is 1.80. The van der Waals surface area contributed by atoms with E-state index in [4.69, 9.17) is 23.2 Å². The van der Waals surface area contributed by atoms with Crippen molar-refractivity contribution in [2.75, 3.05) is 5.32 Å². The van der Waals surface area contributed by atoms with E-state index in [1.54, 1.807) is 12.3 Å². The van der Waals surface area contributed by atoms with Gasteiger partial charge in [-0.3, -0.25) is 4.79 Å². The van der Waals surface area contributed by atoms with Crippen LogP contribution in [0.4, 0.5) is 5.69 Å². The van der Waals surface area contributed by atoms with E-state index in [2.05, 4.69) is 35.0 Å². The van der Waals surface area contributed by atoms with Crippen LogP contribution in [0.15, 0.2) is 22.8 Å². The van der Waals surface area contributed by atoms with Crippen LogP contribution in [0.3, 0.4) is 0 Å². The Morgan fingerprint density at radius 3 is 2.70 bits per heavy atom. The second-order valence-electron chi connectivity index (χ2n) is 3.86. The maximum atomic E-state index is 12.1. The minimum atomic E-state index is -0.325. The number of halogens is 3.